The molecule has 1 unspecified atom stereocenters. The first kappa shape index (κ1) is 18.9. The number of piperidine rings is 1. The van der Waals surface area contributed by atoms with Crippen LogP contribution in [0.1, 0.15) is 46.6 Å². The van der Waals surface area contributed by atoms with Crippen LogP contribution in [0.4, 0.5) is 0 Å². The number of aryl methyl sites for hydroxylation is 1. The molecule has 1 amide bonds. The van der Waals surface area contributed by atoms with Crippen LogP contribution in [-0.2, 0) is 6.54 Å². The SMILES string of the molecule is Cc1nn(Cc2ccccc2Cl)c(C)c1C(=O)NCCC1CCCNC1. The number of nitrogens with one attached hydrogen (secondary N) is 2. The number of carbonyl (C=O) groups excluding carboxylic acids is 1. The number of hydrogen-bond donors (Lipinski definition) is 2. The molecule has 1 aliphatic rings. The molecule has 6 heteroatoms. The number of carbonyl (C=O) groups is 1. The summed E-state index contributed by atoms with van der Waals surface area (Å²) in [6, 6.07) is 7.72. The number of amides is 1. The molecule has 0 aliphatic carbocycles. The Morgan fingerprint density at radius 3 is 2.92 bits per heavy atom. The average Bonchev–Trinajstić information content (AvgIpc) is 2.91. The third-order valence-electron chi connectivity index (χ3n) is 5.12. The first-order valence-corrected chi connectivity index (χ1v) is 9.70. The van der Waals surface area contributed by atoms with Gasteiger partial charge in [0.2, 0.25) is 0 Å². The highest BCUT2D eigenvalue weighted by molar-refractivity contribution is 6.31. The Labute approximate surface area is 160 Å². The van der Waals surface area contributed by atoms with Crippen molar-refractivity contribution in [2.45, 2.75) is 39.7 Å². The standard InChI is InChI=1S/C20H27ClN4O/c1-14-19(20(26)23-11-9-16-6-5-10-22-12-16)15(2)25(24-14)13-17-7-3-4-8-18(17)21/h3-4,7-8,16,22H,5-6,9-13H2,1-2H3,(H,23,26). The molecule has 3 rings (SSSR count). The highest BCUT2D eigenvalue weighted by atomic mass is 35.5. The van der Waals surface area contributed by atoms with Gasteiger partial charge in [0, 0.05) is 17.3 Å². The van der Waals surface area contributed by atoms with Crippen molar-refractivity contribution in [1.82, 2.24) is 20.4 Å². The highest BCUT2D eigenvalue weighted by Crippen LogP contribution is 2.20. The van der Waals surface area contributed by atoms with E-state index in [1.807, 2.05) is 42.8 Å². The van der Waals surface area contributed by atoms with E-state index in [0.717, 1.165) is 36.5 Å². The topological polar surface area (TPSA) is 59.0 Å². The smallest absolute Gasteiger partial charge is 0.255 e. The van der Waals surface area contributed by atoms with Crippen LogP contribution in [0.25, 0.3) is 0 Å². The van der Waals surface area contributed by atoms with E-state index in [4.69, 9.17) is 11.6 Å². The van der Waals surface area contributed by atoms with Crippen molar-refractivity contribution in [3.63, 3.8) is 0 Å². The molecule has 1 aromatic carbocycles. The second-order valence-electron chi connectivity index (χ2n) is 7.05. The molecule has 1 fully saturated rings. The number of nitrogens with zero attached hydrogens (tertiary/aromatic N) is 2. The largest absolute Gasteiger partial charge is 0.352 e. The molecule has 5 nitrogen and oxygen atoms in total. The minimum absolute atomic E-state index is 0.0332. The Bertz CT molecular complexity index is 765. The molecular weight excluding hydrogens is 348 g/mol. The van der Waals surface area contributed by atoms with E-state index in [1.165, 1.54) is 12.8 Å². The number of halogens is 1. The molecule has 1 aliphatic heterocycles. The van der Waals surface area contributed by atoms with Crippen LogP contribution in [0.15, 0.2) is 24.3 Å². The Kier molecular flexibility index (Phi) is 6.33. The summed E-state index contributed by atoms with van der Waals surface area (Å²) in [7, 11) is 0. The van der Waals surface area contributed by atoms with Gasteiger partial charge in [-0.15, -0.1) is 0 Å². The lowest BCUT2D eigenvalue weighted by Crippen LogP contribution is -2.33. The molecule has 0 radical (unpaired) electrons. The normalized spacial score (nSPS) is 17.3. The van der Waals surface area contributed by atoms with Crippen LogP contribution in [-0.4, -0.2) is 35.3 Å². The summed E-state index contributed by atoms with van der Waals surface area (Å²) >= 11 is 6.25. The lowest BCUT2D eigenvalue weighted by molar-refractivity contribution is 0.0949. The summed E-state index contributed by atoms with van der Waals surface area (Å²) < 4.78 is 1.86. The molecule has 2 aromatic rings. The van der Waals surface area contributed by atoms with Crippen LogP contribution in [0.3, 0.4) is 0 Å². The predicted molar refractivity (Wildman–Crippen MR) is 105 cm³/mol. The third kappa shape index (κ3) is 4.46. The van der Waals surface area contributed by atoms with E-state index >= 15 is 0 Å². The molecule has 0 bridgehead atoms. The zero-order chi connectivity index (χ0) is 18.5. The zero-order valence-electron chi connectivity index (χ0n) is 15.5. The van der Waals surface area contributed by atoms with Crippen LogP contribution in [0.5, 0.6) is 0 Å². The van der Waals surface area contributed by atoms with Crippen molar-refractivity contribution in [3.05, 3.63) is 51.8 Å². The fourth-order valence-electron chi connectivity index (χ4n) is 3.62. The molecule has 140 valence electrons. The minimum Gasteiger partial charge on any atom is -0.352 e. The number of hydrogen-bond acceptors (Lipinski definition) is 3. The Hall–Kier alpha value is -1.85. The van der Waals surface area contributed by atoms with Gasteiger partial charge in [-0.25, -0.2) is 0 Å². The molecule has 1 saturated heterocycles. The molecular formula is C20H27ClN4O. The van der Waals surface area contributed by atoms with Crippen molar-refractivity contribution < 1.29 is 4.79 Å². The summed E-state index contributed by atoms with van der Waals surface area (Å²) in [6.07, 6.45) is 3.49. The maximum atomic E-state index is 12.7. The zero-order valence-corrected chi connectivity index (χ0v) is 16.3. The maximum Gasteiger partial charge on any atom is 0.255 e. The molecule has 2 heterocycles. The fraction of sp³-hybridized carbons (Fsp3) is 0.500. The van der Waals surface area contributed by atoms with E-state index < -0.39 is 0 Å². The molecule has 1 aromatic heterocycles. The van der Waals surface area contributed by atoms with Gasteiger partial charge >= 0.3 is 0 Å². The molecule has 26 heavy (non-hydrogen) atoms. The number of rotatable bonds is 6. The summed E-state index contributed by atoms with van der Waals surface area (Å²) in [4.78, 5) is 12.7. The Balaban J connectivity index is 1.63. The van der Waals surface area contributed by atoms with Gasteiger partial charge in [0.05, 0.1) is 17.8 Å². The van der Waals surface area contributed by atoms with Crippen molar-refractivity contribution in [2.75, 3.05) is 19.6 Å². The fourth-order valence-corrected chi connectivity index (χ4v) is 3.81. The molecule has 1 atom stereocenters. The van der Waals surface area contributed by atoms with Crippen molar-refractivity contribution in [1.29, 1.82) is 0 Å². The summed E-state index contributed by atoms with van der Waals surface area (Å²) in [5.41, 5.74) is 3.31. The predicted octanol–water partition coefficient (Wildman–Crippen LogP) is 3.32. The Morgan fingerprint density at radius 1 is 1.38 bits per heavy atom. The van der Waals surface area contributed by atoms with Crippen LogP contribution >= 0.6 is 11.6 Å². The quantitative estimate of drug-likeness (QED) is 0.815. The monoisotopic (exact) mass is 374 g/mol. The maximum absolute atomic E-state index is 12.7. The summed E-state index contributed by atoms with van der Waals surface area (Å²) in [5, 5.41) is 11.8. The first-order valence-electron chi connectivity index (χ1n) is 9.32. The lowest BCUT2D eigenvalue weighted by atomic mass is 9.96. The van der Waals surface area contributed by atoms with Gasteiger partial charge in [0.25, 0.3) is 5.91 Å². The van der Waals surface area contributed by atoms with E-state index in [0.29, 0.717) is 29.6 Å². The van der Waals surface area contributed by atoms with Crippen molar-refractivity contribution >= 4 is 17.5 Å². The first-order chi connectivity index (χ1) is 12.6. The van der Waals surface area contributed by atoms with Gasteiger partial charge in [0.15, 0.2) is 0 Å². The second-order valence-corrected chi connectivity index (χ2v) is 7.46. The summed E-state index contributed by atoms with van der Waals surface area (Å²) in [5.74, 6) is 0.628. The van der Waals surface area contributed by atoms with Crippen molar-refractivity contribution in [2.24, 2.45) is 5.92 Å². The van der Waals surface area contributed by atoms with Gasteiger partial charge in [-0.3, -0.25) is 9.48 Å². The van der Waals surface area contributed by atoms with Crippen LogP contribution in [0.2, 0.25) is 5.02 Å². The van der Waals surface area contributed by atoms with Gasteiger partial charge in [-0.2, -0.15) is 5.10 Å². The van der Waals surface area contributed by atoms with Gasteiger partial charge in [-0.05, 0) is 63.7 Å². The second kappa shape index (κ2) is 8.69. The summed E-state index contributed by atoms with van der Waals surface area (Å²) in [6.45, 7) is 7.27. The number of benzene rings is 1. The van der Waals surface area contributed by atoms with E-state index in [9.17, 15) is 4.79 Å². The lowest BCUT2D eigenvalue weighted by Gasteiger charge is -2.22. The van der Waals surface area contributed by atoms with Crippen LogP contribution in [0, 0.1) is 19.8 Å². The van der Waals surface area contributed by atoms with Gasteiger partial charge in [-0.1, -0.05) is 29.8 Å². The van der Waals surface area contributed by atoms with E-state index in [2.05, 4.69) is 15.7 Å². The molecule has 0 spiro atoms. The van der Waals surface area contributed by atoms with Crippen LogP contribution < -0.4 is 10.6 Å². The van der Waals surface area contributed by atoms with Crippen molar-refractivity contribution in [3.8, 4) is 0 Å². The average molecular weight is 375 g/mol. The van der Waals surface area contributed by atoms with Gasteiger partial charge in [0.1, 0.15) is 0 Å². The minimum atomic E-state index is -0.0332. The molecule has 0 saturated carbocycles. The number of aromatic nitrogens is 2. The molecule has 2 N–H and O–H groups in total. The van der Waals surface area contributed by atoms with E-state index in [-0.39, 0.29) is 5.91 Å². The van der Waals surface area contributed by atoms with Gasteiger partial charge < -0.3 is 10.6 Å². The third-order valence-corrected chi connectivity index (χ3v) is 5.49. The highest BCUT2D eigenvalue weighted by Gasteiger charge is 2.19. The Morgan fingerprint density at radius 2 is 2.19 bits per heavy atom. The van der Waals surface area contributed by atoms with E-state index in [1.54, 1.807) is 0 Å².